The van der Waals surface area contributed by atoms with Crippen molar-refractivity contribution in [3.63, 3.8) is 0 Å². The Balaban J connectivity index is 1.31. The van der Waals surface area contributed by atoms with Gasteiger partial charge in [0.05, 0.1) is 12.9 Å². The van der Waals surface area contributed by atoms with Gasteiger partial charge in [0.2, 0.25) is 5.91 Å². The molecule has 2 fully saturated rings. The molecule has 10 nitrogen and oxygen atoms in total. The van der Waals surface area contributed by atoms with E-state index in [4.69, 9.17) is 4.74 Å². The lowest BCUT2D eigenvalue weighted by atomic mass is 10.1. The first-order valence-electron chi connectivity index (χ1n) is 13.1. The van der Waals surface area contributed by atoms with Gasteiger partial charge in [0.15, 0.2) is 5.03 Å². The number of piperazine rings is 1. The van der Waals surface area contributed by atoms with Gasteiger partial charge in [-0.15, -0.1) is 0 Å². The normalized spacial score (nSPS) is 22.2. The molecule has 0 spiro atoms. The third-order valence-corrected chi connectivity index (χ3v) is 9.19. The molecular formula is C26H40N6O4S. The molecule has 37 heavy (non-hydrogen) atoms. The fraction of sp³-hybridized carbons (Fsp3) is 0.615. The molecule has 0 saturated carbocycles. The standard InChI is InChI=1S/C26H40N6O4S/c1-20-15-31(16-21(2)32(20)37(34,35)26-18-29(4)19-27-26)17-25(33)28-23-9-8-10-24(22(23)3)36-14-13-30-11-6-5-7-12-30/h8-10,18-21H,5-7,11-17H2,1-4H3,(H,28,33)/t20-,21+. The topological polar surface area (TPSA) is 100 Å². The first kappa shape index (κ1) is 27.6. The predicted octanol–water partition coefficient (Wildman–Crippen LogP) is 2.32. The summed E-state index contributed by atoms with van der Waals surface area (Å²) < 4.78 is 35.5. The molecule has 0 unspecified atom stereocenters. The van der Waals surface area contributed by atoms with Crippen molar-refractivity contribution in [3.8, 4) is 5.75 Å². The molecule has 3 heterocycles. The number of anilines is 1. The maximum Gasteiger partial charge on any atom is 0.262 e. The van der Waals surface area contributed by atoms with E-state index in [1.165, 1.54) is 36.1 Å². The number of aryl methyl sites for hydroxylation is 1. The lowest BCUT2D eigenvalue weighted by Crippen LogP contribution is -2.59. The molecule has 204 valence electrons. The molecule has 2 aromatic rings. The van der Waals surface area contributed by atoms with Gasteiger partial charge in [-0.3, -0.25) is 14.6 Å². The number of rotatable bonds is 9. The van der Waals surface area contributed by atoms with E-state index in [2.05, 4.69) is 15.2 Å². The summed E-state index contributed by atoms with van der Waals surface area (Å²) in [6.07, 6.45) is 6.83. The van der Waals surface area contributed by atoms with E-state index in [1.54, 1.807) is 11.6 Å². The Bertz CT molecular complexity index is 1170. The molecule has 2 aliphatic heterocycles. The number of carbonyl (C=O) groups excluding carboxylic acids is 1. The second kappa shape index (κ2) is 11.9. The molecule has 2 atom stereocenters. The van der Waals surface area contributed by atoms with E-state index in [9.17, 15) is 13.2 Å². The van der Waals surface area contributed by atoms with Crippen LogP contribution in [0.25, 0.3) is 0 Å². The van der Waals surface area contributed by atoms with Crippen molar-refractivity contribution in [3.05, 3.63) is 36.3 Å². The maximum atomic E-state index is 13.2. The molecule has 1 amide bonds. The number of benzene rings is 1. The van der Waals surface area contributed by atoms with Crippen LogP contribution in [0.3, 0.4) is 0 Å². The summed E-state index contributed by atoms with van der Waals surface area (Å²) in [5.41, 5.74) is 1.64. The lowest BCUT2D eigenvalue weighted by Gasteiger charge is -2.42. The highest BCUT2D eigenvalue weighted by molar-refractivity contribution is 7.89. The second-order valence-electron chi connectivity index (χ2n) is 10.3. The molecule has 2 aliphatic rings. The van der Waals surface area contributed by atoms with Crippen LogP contribution in [0.5, 0.6) is 5.75 Å². The highest BCUT2D eigenvalue weighted by Gasteiger charge is 2.39. The zero-order valence-corrected chi connectivity index (χ0v) is 23.2. The number of aromatic nitrogens is 2. The van der Waals surface area contributed by atoms with Gasteiger partial charge in [0, 0.05) is 56.2 Å². The van der Waals surface area contributed by atoms with Crippen molar-refractivity contribution >= 4 is 21.6 Å². The van der Waals surface area contributed by atoms with E-state index in [1.807, 2.05) is 43.9 Å². The monoisotopic (exact) mass is 532 g/mol. The van der Waals surface area contributed by atoms with Gasteiger partial charge in [0.25, 0.3) is 10.0 Å². The third kappa shape index (κ3) is 6.70. The Morgan fingerprint density at radius 2 is 1.81 bits per heavy atom. The maximum absolute atomic E-state index is 13.2. The van der Waals surface area contributed by atoms with Crippen LogP contribution in [0.15, 0.2) is 35.7 Å². The molecule has 2 saturated heterocycles. The van der Waals surface area contributed by atoms with E-state index in [0.29, 0.717) is 19.7 Å². The van der Waals surface area contributed by atoms with Crippen LogP contribution in [-0.4, -0.2) is 95.9 Å². The number of ether oxygens (including phenoxy) is 1. The predicted molar refractivity (Wildman–Crippen MR) is 143 cm³/mol. The van der Waals surface area contributed by atoms with Crippen molar-refractivity contribution in [1.82, 2.24) is 23.7 Å². The minimum atomic E-state index is -3.71. The Morgan fingerprint density at radius 1 is 1.11 bits per heavy atom. The van der Waals surface area contributed by atoms with Crippen molar-refractivity contribution in [1.29, 1.82) is 0 Å². The summed E-state index contributed by atoms with van der Waals surface area (Å²) in [6.45, 7) is 10.6. The summed E-state index contributed by atoms with van der Waals surface area (Å²) in [5.74, 6) is 0.652. The lowest BCUT2D eigenvalue weighted by molar-refractivity contribution is -0.118. The van der Waals surface area contributed by atoms with Crippen LogP contribution >= 0.6 is 0 Å². The van der Waals surface area contributed by atoms with E-state index < -0.39 is 10.0 Å². The number of nitrogens with one attached hydrogen (secondary N) is 1. The highest BCUT2D eigenvalue weighted by Crippen LogP contribution is 2.27. The number of hydrogen-bond acceptors (Lipinski definition) is 7. The van der Waals surface area contributed by atoms with Gasteiger partial charge >= 0.3 is 0 Å². The average molecular weight is 533 g/mol. The highest BCUT2D eigenvalue weighted by atomic mass is 32.2. The number of carbonyl (C=O) groups is 1. The SMILES string of the molecule is Cc1c(NC(=O)CN2C[C@@H](C)N(S(=O)(=O)c3cn(C)cn3)[C@@H](C)C2)cccc1OCCN1CCCCC1. The zero-order valence-electron chi connectivity index (χ0n) is 22.4. The van der Waals surface area contributed by atoms with Gasteiger partial charge < -0.3 is 14.6 Å². The third-order valence-electron chi connectivity index (χ3n) is 7.18. The van der Waals surface area contributed by atoms with Crippen molar-refractivity contribution < 1.29 is 17.9 Å². The summed E-state index contributed by atoms with van der Waals surface area (Å²) >= 11 is 0. The van der Waals surface area contributed by atoms with Gasteiger partial charge in [0.1, 0.15) is 12.4 Å². The first-order valence-corrected chi connectivity index (χ1v) is 14.6. The Kier molecular flexibility index (Phi) is 8.89. The molecular weight excluding hydrogens is 492 g/mol. The van der Waals surface area contributed by atoms with Gasteiger partial charge in [-0.05, 0) is 58.8 Å². The minimum Gasteiger partial charge on any atom is -0.492 e. The van der Waals surface area contributed by atoms with Crippen LogP contribution in [0.1, 0.15) is 38.7 Å². The van der Waals surface area contributed by atoms with E-state index in [0.717, 1.165) is 36.6 Å². The molecule has 4 rings (SSSR count). The summed E-state index contributed by atoms with van der Waals surface area (Å²) in [6, 6.07) is 5.13. The van der Waals surface area contributed by atoms with E-state index in [-0.39, 0.29) is 29.6 Å². The average Bonchev–Trinajstić information content (AvgIpc) is 3.29. The van der Waals surface area contributed by atoms with Crippen molar-refractivity contribution in [2.45, 2.75) is 57.1 Å². The van der Waals surface area contributed by atoms with Gasteiger partial charge in [-0.1, -0.05) is 12.5 Å². The molecule has 1 aromatic heterocycles. The van der Waals surface area contributed by atoms with Crippen LogP contribution < -0.4 is 10.1 Å². The quantitative estimate of drug-likeness (QED) is 0.529. The number of amides is 1. The smallest absolute Gasteiger partial charge is 0.262 e. The number of nitrogens with zero attached hydrogens (tertiary/aromatic N) is 5. The molecule has 0 radical (unpaired) electrons. The number of sulfonamides is 1. The zero-order chi connectivity index (χ0) is 26.6. The Hall–Kier alpha value is -2.47. The minimum absolute atomic E-state index is 0.0494. The van der Waals surface area contributed by atoms with Crippen LogP contribution in [0, 0.1) is 6.92 Å². The number of piperidine rings is 1. The van der Waals surface area contributed by atoms with Crippen LogP contribution in [-0.2, 0) is 21.9 Å². The van der Waals surface area contributed by atoms with Gasteiger partial charge in [-0.2, -0.15) is 4.31 Å². The number of likely N-dealkylation sites (tertiary alicyclic amines) is 1. The largest absolute Gasteiger partial charge is 0.492 e. The molecule has 1 aromatic carbocycles. The van der Waals surface area contributed by atoms with Gasteiger partial charge in [-0.25, -0.2) is 13.4 Å². The fourth-order valence-electron chi connectivity index (χ4n) is 5.42. The molecule has 1 N–H and O–H groups in total. The Labute approximate surface area is 220 Å². The van der Waals surface area contributed by atoms with Crippen LogP contribution in [0.4, 0.5) is 5.69 Å². The van der Waals surface area contributed by atoms with E-state index >= 15 is 0 Å². The summed E-state index contributed by atoms with van der Waals surface area (Å²) in [5, 5.41) is 3.07. The first-order chi connectivity index (χ1) is 17.6. The molecule has 0 bridgehead atoms. The number of imidazole rings is 1. The summed E-state index contributed by atoms with van der Waals surface area (Å²) in [7, 11) is -1.96. The molecule has 11 heteroatoms. The summed E-state index contributed by atoms with van der Waals surface area (Å²) in [4.78, 5) is 21.4. The second-order valence-corrected chi connectivity index (χ2v) is 12.1. The number of hydrogen-bond donors (Lipinski definition) is 1. The van der Waals surface area contributed by atoms with Crippen molar-refractivity contribution in [2.75, 3.05) is 51.2 Å². The van der Waals surface area contributed by atoms with Crippen LogP contribution in [0.2, 0.25) is 0 Å². The fourth-order valence-corrected chi connectivity index (χ4v) is 7.19. The van der Waals surface area contributed by atoms with Crippen molar-refractivity contribution in [2.24, 2.45) is 7.05 Å². The molecule has 0 aliphatic carbocycles. The Morgan fingerprint density at radius 3 is 2.46 bits per heavy atom.